The van der Waals surface area contributed by atoms with E-state index >= 15 is 0 Å². The maximum Gasteiger partial charge on any atom is 0.339 e. The summed E-state index contributed by atoms with van der Waals surface area (Å²) in [4.78, 5) is 0.145. The number of halogens is 1. The summed E-state index contributed by atoms with van der Waals surface area (Å²) in [6.45, 7) is 0. The Morgan fingerprint density at radius 1 is 0.708 bits per heavy atom. The average Bonchev–Trinajstić information content (AvgIpc) is 2.62. The number of alkyl halides is 1. The summed E-state index contributed by atoms with van der Waals surface area (Å²) in [5.74, 6) is 0.303. The normalized spacial score (nSPS) is 12.5. The van der Waals surface area contributed by atoms with E-state index in [0.29, 0.717) is 5.75 Å². The van der Waals surface area contributed by atoms with Crippen molar-refractivity contribution >= 4 is 32.7 Å². The van der Waals surface area contributed by atoms with Crippen molar-refractivity contribution in [3.8, 4) is 5.75 Å². The van der Waals surface area contributed by atoms with E-state index in [9.17, 15) is 8.42 Å². The van der Waals surface area contributed by atoms with Gasteiger partial charge in [-0.05, 0) is 35.4 Å². The topological polar surface area (TPSA) is 43.4 Å². The molecular weight excluding hydrogens is 435 g/mol. The fourth-order valence-corrected chi connectivity index (χ4v) is 4.03. The molecule has 3 rings (SSSR count). The van der Waals surface area contributed by atoms with Crippen LogP contribution in [0.2, 0.25) is 0 Å². The van der Waals surface area contributed by atoms with Gasteiger partial charge >= 0.3 is 10.1 Å². The first kappa shape index (κ1) is 17.0. The van der Waals surface area contributed by atoms with Gasteiger partial charge in [0, 0.05) is 0 Å². The third-order valence-corrected chi connectivity index (χ3v) is 6.20. The second-order valence-electron chi connectivity index (χ2n) is 5.19. The van der Waals surface area contributed by atoms with Crippen molar-refractivity contribution in [2.45, 2.75) is 8.82 Å². The number of hydrogen-bond acceptors (Lipinski definition) is 3. The zero-order chi connectivity index (χ0) is 17.0. The van der Waals surface area contributed by atoms with Gasteiger partial charge in [-0.25, -0.2) is 0 Å². The zero-order valence-electron chi connectivity index (χ0n) is 12.7. The summed E-state index contributed by atoms with van der Waals surface area (Å²) in [5, 5.41) is 0. The molecule has 0 spiro atoms. The molecule has 0 aliphatic rings. The highest BCUT2D eigenvalue weighted by Gasteiger charge is 2.17. The Labute approximate surface area is 155 Å². The molecule has 0 aliphatic heterocycles. The van der Waals surface area contributed by atoms with Gasteiger partial charge < -0.3 is 4.18 Å². The zero-order valence-corrected chi connectivity index (χ0v) is 15.6. The Balaban J connectivity index is 1.81. The van der Waals surface area contributed by atoms with Crippen molar-refractivity contribution in [3.05, 3.63) is 96.1 Å². The molecule has 3 nitrogen and oxygen atoms in total. The second kappa shape index (κ2) is 7.36. The maximum absolute atomic E-state index is 12.3. The van der Waals surface area contributed by atoms with Crippen LogP contribution in [0.4, 0.5) is 0 Å². The van der Waals surface area contributed by atoms with Crippen LogP contribution in [0.25, 0.3) is 0 Å². The van der Waals surface area contributed by atoms with Gasteiger partial charge in [-0.1, -0.05) is 83.3 Å². The molecule has 1 atom stereocenters. The van der Waals surface area contributed by atoms with E-state index in [1.54, 1.807) is 42.5 Å². The van der Waals surface area contributed by atoms with E-state index in [1.165, 1.54) is 5.56 Å². The van der Waals surface area contributed by atoms with E-state index in [-0.39, 0.29) is 8.82 Å². The molecule has 0 saturated carbocycles. The highest BCUT2D eigenvalue weighted by Crippen LogP contribution is 2.31. The van der Waals surface area contributed by atoms with Crippen LogP contribution >= 0.6 is 22.6 Å². The lowest BCUT2D eigenvalue weighted by atomic mass is 10.1. The third kappa shape index (κ3) is 3.96. The number of rotatable bonds is 5. The predicted octanol–water partition coefficient (Wildman–Crippen LogP) is 4.98. The summed E-state index contributed by atoms with van der Waals surface area (Å²) in [6, 6.07) is 25.4. The summed E-state index contributed by atoms with van der Waals surface area (Å²) < 4.78 is 30.0. The molecule has 3 aromatic carbocycles. The highest BCUT2D eigenvalue weighted by atomic mass is 127. The van der Waals surface area contributed by atoms with Crippen molar-refractivity contribution in [1.82, 2.24) is 0 Å². The van der Waals surface area contributed by atoms with Crippen molar-refractivity contribution in [2.24, 2.45) is 0 Å². The lowest BCUT2D eigenvalue weighted by Gasteiger charge is -2.12. The molecule has 1 unspecified atom stereocenters. The van der Waals surface area contributed by atoms with Crippen LogP contribution in [0.1, 0.15) is 15.1 Å². The van der Waals surface area contributed by atoms with Gasteiger partial charge in [-0.2, -0.15) is 8.42 Å². The summed E-state index contributed by atoms with van der Waals surface area (Å²) in [5.41, 5.74) is 2.22. The summed E-state index contributed by atoms with van der Waals surface area (Å²) in [6.07, 6.45) is 0. The molecule has 0 saturated heterocycles. The minimum Gasteiger partial charge on any atom is -0.379 e. The molecule has 5 heteroatoms. The van der Waals surface area contributed by atoms with Crippen molar-refractivity contribution in [3.63, 3.8) is 0 Å². The van der Waals surface area contributed by atoms with Crippen molar-refractivity contribution in [1.29, 1.82) is 0 Å². The summed E-state index contributed by atoms with van der Waals surface area (Å²) in [7, 11) is -3.82. The maximum atomic E-state index is 12.3. The molecule has 0 aliphatic carbocycles. The quantitative estimate of drug-likeness (QED) is 0.313. The Morgan fingerprint density at radius 3 is 1.79 bits per heavy atom. The minimum absolute atomic E-state index is 0.145. The van der Waals surface area contributed by atoms with Crippen LogP contribution in [0.15, 0.2) is 89.8 Å². The van der Waals surface area contributed by atoms with Gasteiger partial charge in [0.25, 0.3) is 0 Å². The van der Waals surface area contributed by atoms with E-state index < -0.39 is 10.1 Å². The molecule has 24 heavy (non-hydrogen) atoms. The molecule has 0 fully saturated rings. The Morgan fingerprint density at radius 2 is 1.21 bits per heavy atom. The highest BCUT2D eigenvalue weighted by molar-refractivity contribution is 14.1. The second-order valence-corrected chi connectivity index (χ2v) is 7.98. The van der Waals surface area contributed by atoms with Crippen LogP contribution in [0.3, 0.4) is 0 Å². The third-order valence-electron chi connectivity index (χ3n) is 3.50. The molecule has 0 aromatic heterocycles. The van der Waals surface area contributed by atoms with Crippen LogP contribution in [0, 0.1) is 0 Å². The van der Waals surface area contributed by atoms with Gasteiger partial charge in [-0.15, -0.1) is 0 Å². The standard InChI is InChI=1S/C19H15IO3S/c20-19(15-7-3-1-4-8-15)16-11-13-18(14-12-16)24(21,22)23-17-9-5-2-6-10-17/h1-14,19H. The van der Waals surface area contributed by atoms with Gasteiger partial charge in [0.05, 0.1) is 3.92 Å². The molecule has 0 amide bonds. The Kier molecular flexibility index (Phi) is 5.20. The number of hydrogen-bond donors (Lipinski definition) is 0. The lowest BCUT2D eigenvalue weighted by molar-refractivity contribution is 0.486. The van der Waals surface area contributed by atoms with Gasteiger partial charge in [0.2, 0.25) is 0 Å². The SMILES string of the molecule is O=S(=O)(Oc1ccccc1)c1ccc(C(I)c2ccccc2)cc1. The van der Waals surface area contributed by atoms with Gasteiger partial charge in [0.15, 0.2) is 0 Å². The average molecular weight is 450 g/mol. The first-order valence-corrected chi connectivity index (χ1v) is 10.0. The van der Waals surface area contributed by atoms with Gasteiger partial charge in [-0.3, -0.25) is 0 Å². The molecule has 0 N–H and O–H groups in total. The predicted molar refractivity (Wildman–Crippen MR) is 103 cm³/mol. The van der Waals surface area contributed by atoms with E-state index in [0.717, 1.165) is 5.56 Å². The molecule has 0 bridgehead atoms. The van der Waals surface area contributed by atoms with Crippen LogP contribution < -0.4 is 4.18 Å². The van der Waals surface area contributed by atoms with E-state index in [4.69, 9.17) is 4.18 Å². The summed E-state index contributed by atoms with van der Waals surface area (Å²) >= 11 is 2.34. The van der Waals surface area contributed by atoms with Crippen molar-refractivity contribution in [2.75, 3.05) is 0 Å². The van der Waals surface area contributed by atoms with E-state index in [2.05, 4.69) is 34.7 Å². The molecular formula is C19H15IO3S. The lowest BCUT2D eigenvalue weighted by Crippen LogP contribution is -2.09. The smallest absolute Gasteiger partial charge is 0.339 e. The Hall–Kier alpha value is -1.86. The first-order valence-electron chi connectivity index (χ1n) is 7.35. The van der Waals surface area contributed by atoms with E-state index in [1.807, 2.05) is 30.3 Å². The van der Waals surface area contributed by atoms with Crippen LogP contribution in [0.5, 0.6) is 5.75 Å². The number of benzene rings is 3. The molecule has 122 valence electrons. The number of para-hydroxylation sites is 1. The Bertz CT molecular complexity index is 892. The molecule has 0 radical (unpaired) electrons. The van der Waals surface area contributed by atoms with Crippen LogP contribution in [-0.2, 0) is 10.1 Å². The first-order chi connectivity index (χ1) is 11.6. The van der Waals surface area contributed by atoms with Gasteiger partial charge in [0.1, 0.15) is 10.6 Å². The molecule has 3 aromatic rings. The molecule has 0 heterocycles. The minimum atomic E-state index is -3.82. The fourth-order valence-electron chi connectivity index (χ4n) is 2.27. The largest absolute Gasteiger partial charge is 0.379 e. The monoisotopic (exact) mass is 450 g/mol. The fraction of sp³-hybridized carbons (Fsp3) is 0.0526. The van der Waals surface area contributed by atoms with Crippen molar-refractivity contribution < 1.29 is 12.6 Å². The van der Waals surface area contributed by atoms with Crippen LogP contribution in [-0.4, -0.2) is 8.42 Å².